The maximum atomic E-state index is 12.4. The third-order valence-corrected chi connectivity index (χ3v) is 3.77. The Labute approximate surface area is 113 Å². The molecule has 0 aromatic carbocycles. The number of aromatic amines is 1. The van der Waals surface area contributed by atoms with Crippen molar-refractivity contribution in [3.63, 3.8) is 0 Å². The molecular weight excluding hydrogens is 242 g/mol. The Balaban J connectivity index is 2.03. The first-order valence-electron chi connectivity index (χ1n) is 6.90. The van der Waals surface area contributed by atoms with Gasteiger partial charge < -0.3 is 10.6 Å². The van der Waals surface area contributed by atoms with Gasteiger partial charge in [0, 0.05) is 32.2 Å². The summed E-state index contributed by atoms with van der Waals surface area (Å²) < 4.78 is 0. The van der Waals surface area contributed by atoms with Crippen LogP contribution in [-0.2, 0) is 6.42 Å². The number of carbonyl (C=O) groups is 1. The molecule has 1 aromatic heterocycles. The summed E-state index contributed by atoms with van der Waals surface area (Å²) in [4.78, 5) is 16.6. The van der Waals surface area contributed by atoms with Crippen LogP contribution in [0.5, 0.6) is 0 Å². The van der Waals surface area contributed by atoms with Crippen LogP contribution in [0.3, 0.4) is 0 Å². The van der Waals surface area contributed by atoms with E-state index in [4.69, 9.17) is 5.73 Å². The molecular formula is C13H23N5O. The molecule has 1 aliphatic heterocycles. The quantitative estimate of drug-likeness (QED) is 0.844. The molecule has 1 aromatic rings. The molecule has 0 bridgehead atoms. The maximum Gasteiger partial charge on any atom is 0.276 e. The summed E-state index contributed by atoms with van der Waals surface area (Å²) in [5, 5.41) is 6.90. The standard InChI is InChI=1S/C13H23N5O/c1-4-10-11(14)12(16-15-10)13(19)18-7-5-17(6-8-18)9(2)3/h9H,4-8,14H2,1-3H3,(H,15,16). The molecule has 0 unspecified atom stereocenters. The highest BCUT2D eigenvalue weighted by atomic mass is 16.2. The molecule has 0 aliphatic carbocycles. The maximum absolute atomic E-state index is 12.4. The number of nitrogens with zero attached hydrogens (tertiary/aromatic N) is 3. The van der Waals surface area contributed by atoms with E-state index >= 15 is 0 Å². The van der Waals surface area contributed by atoms with E-state index in [2.05, 4.69) is 28.9 Å². The van der Waals surface area contributed by atoms with E-state index in [0.29, 0.717) is 17.4 Å². The number of aryl methyl sites for hydroxylation is 1. The number of hydrogen-bond acceptors (Lipinski definition) is 4. The highest BCUT2D eigenvalue weighted by molar-refractivity contribution is 5.97. The van der Waals surface area contributed by atoms with Crippen molar-refractivity contribution in [3.8, 4) is 0 Å². The summed E-state index contributed by atoms with van der Waals surface area (Å²) in [5.41, 5.74) is 7.65. The van der Waals surface area contributed by atoms with Crippen LogP contribution in [0.2, 0.25) is 0 Å². The molecule has 6 nitrogen and oxygen atoms in total. The summed E-state index contributed by atoms with van der Waals surface area (Å²) in [6.07, 6.45) is 0.757. The Hall–Kier alpha value is -1.56. The van der Waals surface area contributed by atoms with Crippen LogP contribution in [0, 0.1) is 0 Å². The Morgan fingerprint density at radius 1 is 1.37 bits per heavy atom. The molecule has 1 amide bonds. The summed E-state index contributed by atoms with van der Waals surface area (Å²) >= 11 is 0. The van der Waals surface area contributed by atoms with E-state index in [9.17, 15) is 4.79 Å². The minimum atomic E-state index is -0.0585. The molecule has 0 atom stereocenters. The fourth-order valence-electron chi connectivity index (χ4n) is 2.41. The number of H-pyrrole nitrogens is 1. The number of piperazine rings is 1. The van der Waals surface area contributed by atoms with Gasteiger partial charge in [0.15, 0.2) is 5.69 Å². The Kier molecular flexibility index (Phi) is 4.09. The Morgan fingerprint density at radius 3 is 2.47 bits per heavy atom. The molecule has 1 fully saturated rings. The van der Waals surface area contributed by atoms with Crippen LogP contribution in [0.1, 0.15) is 37.0 Å². The van der Waals surface area contributed by atoms with Crippen LogP contribution >= 0.6 is 0 Å². The average molecular weight is 265 g/mol. The predicted molar refractivity (Wildman–Crippen MR) is 75.0 cm³/mol. The zero-order chi connectivity index (χ0) is 14.0. The van der Waals surface area contributed by atoms with Crippen molar-refractivity contribution >= 4 is 11.6 Å². The summed E-state index contributed by atoms with van der Waals surface area (Å²) in [5.74, 6) is -0.0585. The van der Waals surface area contributed by atoms with Crippen LogP contribution in [0.4, 0.5) is 5.69 Å². The molecule has 2 heterocycles. The molecule has 0 spiro atoms. The Bertz CT molecular complexity index is 446. The first-order valence-corrected chi connectivity index (χ1v) is 6.90. The highest BCUT2D eigenvalue weighted by Gasteiger charge is 2.26. The van der Waals surface area contributed by atoms with Gasteiger partial charge in [-0.1, -0.05) is 6.92 Å². The number of aromatic nitrogens is 2. The third kappa shape index (κ3) is 2.73. The van der Waals surface area contributed by atoms with Crippen molar-refractivity contribution in [2.24, 2.45) is 0 Å². The Morgan fingerprint density at radius 2 is 2.00 bits per heavy atom. The molecule has 2 rings (SSSR count). The normalized spacial score (nSPS) is 17.2. The van der Waals surface area contributed by atoms with Gasteiger partial charge in [-0.15, -0.1) is 0 Å². The third-order valence-electron chi connectivity index (χ3n) is 3.77. The predicted octanol–water partition coefficient (Wildman–Crippen LogP) is 0.721. The van der Waals surface area contributed by atoms with Crippen LogP contribution in [0.25, 0.3) is 0 Å². The summed E-state index contributed by atoms with van der Waals surface area (Å²) in [7, 11) is 0. The van der Waals surface area contributed by atoms with E-state index in [1.165, 1.54) is 0 Å². The van der Waals surface area contributed by atoms with Gasteiger partial charge in [-0.05, 0) is 20.3 Å². The van der Waals surface area contributed by atoms with Crippen LogP contribution in [-0.4, -0.2) is 58.1 Å². The molecule has 6 heteroatoms. The lowest BCUT2D eigenvalue weighted by Gasteiger charge is -2.36. The molecule has 1 aliphatic rings. The number of nitrogens with two attached hydrogens (primary N) is 1. The molecule has 0 radical (unpaired) electrons. The minimum absolute atomic E-state index is 0.0585. The van der Waals surface area contributed by atoms with Crippen LogP contribution in [0.15, 0.2) is 0 Å². The SMILES string of the molecule is CCc1[nH]nc(C(=O)N2CCN(C(C)C)CC2)c1N. The average Bonchev–Trinajstić information content (AvgIpc) is 2.79. The largest absolute Gasteiger partial charge is 0.395 e. The van der Waals surface area contributed by atoms with Gasteiger partial charge in [0.05, 0.1) is 11.4 Å². The number of hydrogen-bond donors (Lipinski definition) is 2. The van der Waals surface area contributed by atoms with Crippen LogP contribution < -0.4 is 5.73 Å². The molecule has 1 saturated heterocycles. The van der Waals surface area contributed by atoms with Gasteiger partial charge in [-0.3, -0.25) is 14.8 Å². The summed E-state index contributed by atoms with van der Waals surface area (Å²) in [6.45, 7) is 9.64. The van der Waals surface area contributed by atoms with Gasteiger partial charge in [-0.2, -0.15) is 5.10 Å². The van der Waals surface area contributed by atoms with Crippen molar-refractivity contribution in [2.75, 3.05) is 31.9 Å². The van der Waals surface area contributed by atoms with Gasteiger partial charge in [0.2, 0.25) is 0 Å². The first kappa shape index (κ1) is 13.9. The second-order valence-electron chi connectivity index (χ2n) is 5.24. The minimum Gasteiger partial charge on any atom is -0.395 e. The zero-order valence-corrected chi connectivity index (χ0v) is 11.9. The monoisotopic (exact) mass is 265 g/mol. The van der Waals surface area contributed by atoms with Crippen molar-refractivity contribution in [1.29, 1.82) is 0 Å². The van der Waals surface area contributed by atoms with E-state index in [0.717, 1.165) is 38.3 Å². The number of nitrogen functional groups attached to an aromatic ring is 1. The lowest BCUT2D eigenvalue weighted by Crippen LogP contribution is -2.50. The lowest BCUT2D eigenvalue weighted by atomic mass is 10.2. The molecule has 3 N–H and O–H groups in total. The van der Waals surface area contributed by atoms with E-state index in [1.54, 1.807) is 0 Å². The summed E-state index contributed by atoms with van der Waals surface area (Å²) in [6, 6.07) is 0.527. The smallest absolute Gasteiger partial charge is 0.276 e. The van der Waals surface area contributed by atoms with Gasteiger partial charge >= 0.3 is 0 Å². The van der Waals surface area contributed by atoms with E-state index in [-0.39, 0.29) is 5.91 Å². The first-order chi connectivity index (χ1) is 9.04. The van der Waals surface area contributed by atoms with Crippen molar-refractivity contribution < 1.29 is 4.79 Å². The lowest BCUT2D eigenvalue weighted by molar-refractivity contribution is 0.0591. The molecule has 19 heavy (non-hydrogen) atoms. The number of nitrogens with one attached hydrogen (secondary N) is 1. The van der Waals surface area contributed by atoms with Gasteiger partial charge in [-0.25, -0.2) is 0 Å². The van der Waals surface area contributed by atoms with Gasteiger partial charge in [0.1, 0.15) is 0 Å². The molecule has 0 saturated carbocycles. The number of carbonyl (C=O) groups excluding carboxylic acids is 1. The fraction of sp³-hybridized carbons (Fsp3) is 0.692. The highest BCUT2D eigenvalue weighted by Crippen LogP contribution is 2.17. The number of anilines is 1. The van der Waals surface area contributed by atoms with Crippen molar-refractivity contribution in [3.05, 3.63) is 11.4 Å². The van der Waals surface area contributed by atoms with Gasteiger partial charge in [0.25, 0.3) is 5.91 Å². The zero-order valence-electron chi connectivity index (χ0n) is 11.9. The van der Waals surface area contributed by atoms with Crippen molar-refractivity contribution in [2.45, 2.75) is 33.2 Å². The van der Waals surface area contributed by atoms with Crippen molar-refractivity contribution in [1.82, 2.24) is 20.0 Å². The molecule has 106 valence electrons. The van der Waals surface area contributed by atoms with E-state index < -0.39 is 0 Å². The second kappa shape index (κ2) is 5.61. The second-order valence-corrected chi connectivity index (χ2v) is 5.24. The number of rotatable bonds is 3. The number of amides is 1. The fourth-order valence-corrected chi connectivity index (χ4v) is 2.41. The van der Waals surface area contributed by atoms with E-state index in [1.807, 2.05) is 11.8 Å². The topological polar surface area (TPSA) is 78.2 Å².